The van der Waals surface area contributed by atoms with Crippen LogP contribution >= 0.6 is 0 Å². The number of rotatable bonds is 2. The van der Waals surface area contributed by atoms with Gasteiger partial charge in [-0.05, 0) is 24.3 Å². The van der Waals surface area contributed by atoms with Gasteiger partial charge in [0.15, 0.2) is 0 Å². The molecule has 0 spiro atoms. The zero-order valence-electron chi connectivity index (χ0n) is 7.75. The summed E-state index contributed by atoms with van der Waals surface area (Å²) in [4.78, 5) is 21.0. The summed E-state index contributed by atoms with van der Waals surface area (Å²) in [6.45, 7) is 0. The van der Waals surface area contributed by atoms with Crippen LogP contribution in [-0.4, -0.2) is 18.1 Å². The molecule has 7 heteroatoms. The maximum Gasteiger partial charge on any atom is 0.454 e. The molecule has 0 aliphatic rings. The lowest BCUT2D eigenvalue weighted by Gasteiger charge is -2.05. The Hall–Kier alpha value is -2.05. The smallest absolute Gasteiger partial charge is 0.411 e. The van der Waals surface area contributed by atoms with Crippen LogP contribution in [0.15, 0.2) is 24.3 Å². The Balaban J connectivity index is 2.87. The summed E-state index contributed by atoms with van der Waals surface area (Å²) in [6, 6.07) is 3.88. The van der Waals surface area contributed by atoms with Gasteiger partial charge in [0.1, 0.15) is 5.75 Å². The molecule has 0 atom stereocenters. The maximum atomic E-state index is 12.0. The molecule has 0 saturated heterocycles. The number of primary amides is 1. The zero-order valence-corrected chi connectivity index (χ0v) is 7.75. The number of carbonyl (C=O) groups is 2. The minimum atomic E-state index is -4.92. The van der Waals surface area contributed by atoms with Gasteiger partial charge in [0.25, 0.3) is 5.78 Å². The topological polar surface area (TPSA) is 69.4 Å². The Morgan fingerprint density at radius 2 is 1.62 bits per heavy atom. The van der Waals surface area contributed by atoms with Crippen LogP contribution in [-0.2, 0) is 0 Å². The standard InChI is InChI=1S/C9H6F3NO3/c10-9(11,12)7(14)5-1-3-6(4-2-5)16-8(13)15/h1-4H,(H2,13,15). The molecule has 0 unspecified atom stereocenters. The predicted molar refractivity (Wildman–Crippen MR) is 47.0 cm³/mol. The summed E-state index contributed by atoms with van der Waals surface area (Å²) >= 11 is 0. The first-order chi connectivity index (χ1) is 7.30. The summed E-state index contributed by atoms with van der Waals surface area (Å²) in [5, 5.41) is 0. The number of nitrogens with two attached hydrogens (primary N) is 1. The van der Waals surface area contributed by atoms with Gasteiger partial charge in [-0.25, -0.2) is 4.79 Å². The third-order valence-corrected chi connectivity index (χ3v) is 1.59. The molecule has 0 heterocycles. The molecule has 1 amide bonds. The van der Waals surface area contributed by atoms with Crippen LogP contribution in [0, 0.1) is 0 Å². The van der Waals surface area contributed by atoms with Crippen LogP contribution in [0.2, 0.25) is 0 Å². The molecule has 0 radical (unpaired) electrons. The summed E-state index contributed by atoms with van der Waals surface area (Å²) in [6.07, 6.45) is -6.01. The number of ketones is 1. The number of hydrogen-bond acceptors (Lipinski definition) is 3. The molecule has 1 aromatic carbocycles. The van der Waals surface area contributed by atoms with Crippen molar-refractivity contribution in [1.82, 2.24) is 0 Å². The van der Waals surface area contributed by atoms with Crippen molar-refractivity contribution < 1.29 is 27.5 Å². The molecular formula is C9H6F3NO3. The summed E-state index contributed by atoms with van der Waals surface area (Å²) < 4.78 is 40.4. The second kappa shape index (κ2) is 4.21. The van der Waals surface area contributed by atoms with Crippen molar-refractivity contribution in [1.29, 1.82) is 0 Å². The highest BCUT2D eigenvalue weighted by atomic mass is 19.4. The Kier molecular flexibility index (Phi) is 3.17. The predicted octanol–water partition coefficient (Wildman–Crippen LogP) is 1.89. The SMILES string of the molecule is NC(=O)Oc1ccc(C(=O)C(F)(F)F)cc1. The molecule has 4 nitrogen and oxygen atoms in total. The lowest BCUT2D eigenvalue weighted by molar-refractivity contribution is -0.0885. The maximum absolute atomic E-state index is 12.0. The van der Waals surface area contributed by atoms with E-state index in [2.05, 4.69) is 10.5 Å². The van der Waals surface area contributed by atoms with E-state index in [1.165, 1.54) is 0 Å². The monoisotopic (exact) mass is 233 g/mol. The largest absolute Gasteiger partial charge is 0.454 e. The summed E-state index contributed by atoms with van der Waals surface area (Å²) in [7, 11) is 0. The van der Waals surface area contributed by atoms with Gasteiger partial charge in [-0.3, -0.25) is 4.79 Å². The molecule has 0 aliphatic carbocycles. The van der Waals surface area contributed by atoms with Gasteiger partial charge in [-0.2, -0.15) is 13.2 Å². The number of halogens is 3. The van der Waals surface area contributed by atoms with Crippen molar-refractivity contribution in [3.8, 4) is 5.75 Å². The number of carbonyl (C=O) groups excluding carboxylic acids is 2. The van der Waals surface area contributed by atoms with Crippen LogP contribution in [0.3, 0.4) is 0 Å². The Bertz CT molecular complexity index is 411. The summed E-state index contributed by atoms with van der Waals surface area (Å²) in [5.74, 6) is -2.00. The molecule has 0 saturated carbocycles. The molecule has 0 bridgehead atoms. The zero-order chi connectivity index (χ0) is 12.3. The Morgan fingerprint density at radius 3 is 2.00 bits per heavy atom. The Morgan fingerprint density at radius 1 is 1.12 bits per heavy atom. The first kappa shape index (κ1) is 12.0. The van der Waals surface area contributed by atoms with Crippen LogP contribution in [0.5, 0.6) is 5.75 Å². The molecule has 1 rings (SSSR count). The van der Waals surface area contributed by atoms with Crippen molar-refractivity contribution in [3.63, 3.8) is 0 Å². The van der Waals surface area contributed by atoms with E-state index in [4.69, 9.17) is 0 Å². The van der Waals surface area contributed by atoms with E-state index < -0.39 is 23.6 Å². The molecule has 0 aromatic heterocycles. The molecule has 16 heavy (non-hydrogen) atoms. The van der Waals surface area contributed by atoms with Gasteiger partial charge in [0.05, 0.1) is 0 Å². The third-order valence-electron chi connectivity index (χ3n) is 1.59. The van der Waals surface area contributed by atoms with Crippen LogP contribution < -0.4 is 10.5 Å². The minimum Gasteiger partial charge on any atom is -0.411 e. The van der Waals surface area contributed by atoms with Crippen LogP contribution in [0.4, 0.5) is 18.0 Å². The number of hydrogen-bond donors (Lipinski definition) is 1. The number of Topliss-reactive ketones (excluding diaryl/α,β-unsaturated/α-hetero) is 1. The quantitative estimate of drug-likeness (QED) is 0.793. The van der Waals surface area contributed by atoms with E-state index in [-0.39, 0.29) is 5.75 Å². The van der Waals surface area contributed by atoms with E-state index in [1.54, 1.807) is 0 Å². The highest BCUT2D eigenvalue weighted by Crippen LogP contribution is 2.22. The average Bonchev–Trinajstić information content (AvgIpc) is 2.15. The van der Waals surface area contributed by atoms with E-state index in [0.717, 1.165) is 24.3 Å². The fourth-order valence-electron chi connectivity index (χ4n) is 0.954. The second-order valence-electron chi connectivity index (χ2n) is 2.77. The van der Waals surface area contributed by atoms with E-state index in [0.29, 0.717) is 0 Å². The van der Waals surface area contributed by atoms with Gasteiger partial charge >= 0.3 is 12.3 Å². The molecule has 0 aliphatic heterocycles. The highest BCUT2D eigenvalue weighted by molar-refractivity contribution is 6.00. The average molecular weight is 233 g/mol. The lowest BCUT2D eigenvalue weighted by atomic mass is 10.1. The van der Waals surface area contributed by atoms with Crippen LogP contribution in [0.25, 0.3) is 0 Å². The first-order valence-electron chi connectivity index (χ1n) is 3.99. The van der Waals surface area contributed by atoms with E-state index in [9.17, 15) is 22.8 Å². The number of ether oxygens (including phenoxy) is 1. The van der Waals surface area contributed by atoms with Gasteiger partial charge in [0, 0.05) is 5.56 Å². The normalized spacial score (nSPS) is 10.9. The van der Waals surface area contributed by atoms with Crippen molar-refractivity contribution in [2.75, 3.05) is 0 Å². The van der Waals surface area contributed by atoms with E-state index >= 15 is 0 Å². The minimum absolute atomic E-state index is 0.0359. The van der Waals surface area contributed by atoms with Crippen LogP contribution in [0.1, 0.15) is 10.4 Å². The third kappa shape index (κ3) is 2.97. The molecule has 1 aromatic rings. The fraction of sp³-hybridized carbons (Fsp3) is 0.111. The van der Waals surface area contributed by atoms with Crippen molar-refractivity contribution in [2.45, 2.75) is 6.18 Å². The summed E-state index contributed by atoms with van der Waals surface area (Å²) in [5.41, 5.74) is 4.15. The molecular weight excluding hydrogens is 227 g/mol. The van der Waals surface area contributed by atoms with Gasteiger partial charge < -0.3 is 10.5 Å². The lowest BCUT2D eigenvalue weighted by Crippen LogP contribution is -2.22. The van der Waals surface area contributed by atoms with Gasteiger partial charge in [-0.15, -0.1) is 0 Å². The molecule has 2 N–H and O–H groups in total. The van der Waals surface area contributed by atoms with Crippen molar-refractivity contribution >= 4 is 11.9 Å². The van der Waals surface area contributed by atoms with Gasteiger partial charge in [-0.1, -0.05) is 0 Å². The first-order valence-corrected chi connectivity index (χ1v) is 3.99. The molecule has 0 fully saturated rings. The van der Waals surface area contributed by atoms with Crippen molar-refractivity contribution in [3.05, 3.63) is 29.8 Å². The second-order valence-corrected chi connectivity index (χ2v) is 2.77. The number of benzene rings is 1. The van der Waals surface area contributed by atoms with Gasteiger partial charge in [0.2, 0.25) is 0 Å². The fourth-order valence-corrected chi connectivity index (χ4v) is 0.954. The number of alkyl halides is 3. The molecule has 86 valence electrons. The Labute approximate surface area is 87.8 Å². The highest BCUT2D eigenvalue weighted by Gasteiger charge is 2.39. The van der Waals surface area contributed by atoms with E-state index in [1.807, 2.05) is 0 Å². The van der Waals surface area contributed by atoms with Crippen molar-refractivity contribution in [2.24, 2.45) is 5.73 Å². The number of amides is 1.